The fraction of sp³-hybridized carbons (Fsp3) is 0.815. The number of alkyl halides is 3. The van der Waals surface area contributed by atoms with Crippen molar-refractivity contribution in [2.45, 2.75) is 108 Å². The van der Waals surface area contributed by atoms with E-state index < -0.39 is 70.6 Å². The number of likely N-dealkylation sites (tertiary alicyclic amines) is 2. The second-order valence-corrected chi connectivity index (χ2v) is 12.8. The Balaban J connectivity index is 1.39. The standard InChI is InChI=1S/C27H36F3N5O5/c1-14(40-25(4)8-6-9-25)18(33-23(39)27(28,29)30)21(37)34-13-17-24(2,3)26(17)19(34)22(38)35(26)16(12-31)11-15-7-5-10-32-20(15)36/h14-19H,5-11,13H2,1-4H3,(H,32,36)(H,33,39). The fourth-order valence-corrected chi connectivity index (χ4v) is 7.78. The van der Waals surface area contributed by atoms with Crippen molar-refractivity contribution in [2.75, 3.05) is 13.1 Å². The second-order valence-electron chi connectivity index (χ2n) is 12.8. The number of hydrogen-bond donors (Lipinski definition) is 2. The average Bonchev–Trinajstić information content (AvgIpc) is 3.18. The predicted molar refractivity (Wildman–Crippen MR) is 133 cm³/mol. The zero-order valence-corrected chi connectivity index (χ0v) is 23.1. The zero-order chi connectivity index (χ0) is 29.4. The van der Waals surface area contributed by atoms with Crippen LogP contribution >= 0.6 is 0 Å². The van der Waals surface area contributed by atoms with Gasteiger partial charge < -0.3 is 25.2 Å². The van der Waals surface area contributed by atoms with Crippen LogP contribution in [0.15, 0.2) is 0 Å². The number of halogens is 3. The highest BCUT2D eigenvalue weighted by Gasteiger charge is 2.90. The van der Waals surface area contributed by atoms with Crippen molar-refractivity contribution in [2.24, 2.45) is 17.3 Å². The molecule has 7 atom stereocenters. The molecule has 0 bridgehead atoms. The molecule has 13 heteroatoms. The highest BCUT2D eigenvalue weighted by atomic mass is 19.4. The van der Waals surface area contributed by atoms with E-state index in [1.807, 2.05) is 26.1 Å². The largest absolute Gasteiger partial charge is 0.471 e. The Bertz CT molecular complexity index is 1160. The van der Waals surface area contributed by atoms with E-state index in [1.165, 1.54) is 16.7 Å². The number of nitriles is 1. The zero-order valence-electron chi connectivity index (χ0n) is 23.1. The number of amides is 4. The molecule has 5 rings (SSSR count). The molecule has 1 spiro atoms. The van der Waals surface area contributed by atoms with E-state index in [2.05, 4.69) is 11.4 Å². The lowest BCUT2D eigenvalue weighted by Crippen LogP contribution is -2.76. The molecule has 5 fully saturated rings. The number of nitrogens with zero attached hydrogens (tertiary/aromatic N) is 3. The van der Waals surface area contributed by atoms with Crippen molar-refractivity contribution >= 4 is 23.6 Å². The van der Waals surface area contributed by atoms with Crippen LogP contribution in [0.4, 0.5) is 13.2 Å². The first-order chi connectivity index (χ1) is 18.6. The molecular formula is C27H36F3N5O5. The Morgan fingerprint density at radius 2 is 1.90 bits per heavy atom. The van der Waals surface area contributed by atoms with Gasteiger partial charge in [-0.15, -0.1) is 0 Å². The minimum absolute atomic E-state index is 0.100. The van der Waals surface area contributed by atoms with E-state index >= 15 is 0 Å². The van der Waals surface area contributed by atoms with Gasteiger partial charge in [0.15, 0.2) is 0 Å². The minimum Gasteiger partial charge on any atom is -0.370 e. The van der Waals surface area contributed by atoms with Gasteiger partial charge >= 0.3 is 12.1 Å². The average molecular weight is 568 g/mol. The summed E-state index contributed by atoms with van der Waals surface area (Å²) in [7, 11) is 0. The first kappa shape index (κ1) is 28.6. The van der Waals surface area contributed by atoms with Crippen molar-refractivity contribution in [3.05, 3.63) is 0 Å². The molecule has 7 unspecified atom stereocenters. The molecule has 0 aromatic heterocycles. The number of β-lactam (4-membered cyclic amide) rings is 1. The van der Waals surface area contributed by atoms with Gasteiger partial charge in [-0.05, 0) is 57.8 Å². The lowest BCUT2D eigenvalue weighted by Gasteiger charge is -2.54. The lowest BCUT2D eigenvalue weighted by atomic mass is 9.80. The molecule has 2 saturated carbocycles. The molecule has 10 nitrogen and oxygen atoms in total. The molecule has 5 aliphatic rings. The van der Waals surface area contributed by atoms with Gasteiger partial charge in [0.05, 0.1) is 23.3 Å². The quantitative estimate of drug-likeness (QED) is 0.429. The van der Waals surface area contributed by atoms with Gasteiger partial charge in [0, 0.05) is 24.9 Å². The van der Waals surface area contributed by atoms with Crippen LogP contribution in [0, 0.1) is 28.6 Å². The molecule has 2 N–H and O–H groups in total. The van der Waals surface area contributed by atoms with E-state index in [-0.39, 0.29) is 24.8 Å². The summed E-state index contributed by atoms with van der Waals surface area (Å²) in [6.07, 6.45) is -2.48. The Hall–Kier alpha value is -2.88. The van der Waals surface area contributed by atoms with Crippen LogP contribution in [0.2, 0.25) is 0 Å². The summed E-state index contributed by atoms with van der Waals surface area (Å²) in [6, 6.07) is -1.30. The molecule has 40 heavy (non-hydrogen) atoms. The number of carbonyl (C=O) groups excluding carboxylic acids is 4. The third kappa shape index (κ3) is 4.08. The monoisotopic (exact) mass is 567 g/mol. The summed E-state index contributed by atoms with van der Waals surface area (Å²) in [5, 5.41) is 14.7. The molecule has 0 aromatic carbocycles. The Labute approximate surface area is 230 Å². The molecule has 3 heterocycles. The third-order valence-electron chi connectivity index (χ3n) is 10.1. The lowest BCUT2D eigenvalue weighted by molar-refractivity contribution is -0.182. The van der Waals surface area contributed by atoms with E-state index in [1.54, 1.807) is 0 Å². The third-order valence-corrected chi connectivity index (χ3v) is 10.1. The highest BCUT2D eigenvalue weighted by molar-refractivity contribution is 6.01. The Morgan fingerprint density at radius 3 is 2.45 bits per heavy atom. The number of carbonyl (C=O) groups is 4. The van der Waals surface area contributed by atoms with Crippen LogP contribution in [-0.4, -0.2) is 88.1 Å². The summed E-state index contributed by atoms with van der Waals surface area (Å²) >= 11 is 0. The van der Waals surface area contributed by atoms with Gasteiger partial charge in [-0.2, -0.15) is 18.4 Å². The van der Waals surface area contributed by atoms with Crippen LogP contribution in [0.3, 0.4) is 0 Å². The van der Waals surface area contributed by atoms with Gasteiger partial charge in [0.1, 0.15) is 18.1 Å². The van der Waals surface area contributed by atoms with Crippen LogP contribution in [-0.2, 0) is 23.9 Å². The van der Waals surface area contributed by atoms with Crippen molar-refractivity contribution in [1.29, 1.82) is 5.26 Å². The van der Waals surface area contributed by atoms with Crippen LogP contribution in [0.5, 0.6) is 0 Å². The SMILES string of the molecule is CC(OC1(C)CCC1)C(NC(=O)C(F)(F)F)C(=O)N1CC2C(C)(C)C23C1C(=O)N3C(C#N)CC1CCCNC1=O. The first-order valence-corrected chi connectivity index (χ1v) is 14.0. The maximum atomic E-state index is 13.8. The Kier molecular flexibility index (Phi) is 6.68. The number of rotatable bonds is 8. The van der Waals surface area contributed by atoms with Crippen molar-refractivity contribution in [1.82, 2.24) is 20.4 Å². The molecule has 4 amide bonds. The molecule has 3 saturated heterocycles. The van der Waals surface area contributed by atoms with Crippen LogP contribution < -0.4 is 10.6 Å². The van der Waals surface area contributed by atoms with E-state index in [9.17, 15) is 37.6 Å². The number of piperidine rings is 2. The predicted octanol–water partition coefficient (Wildman–Crippen LogP) is 1.64. The van der Waals surface area contributed by atoms with Crippen molar-refractivity contribution in [3.8, 4) is 6.07 Å². The summed E-state index contributed by atoms with van der Waals surface area (Å²) < 4.78 is 45.6. The van der Waals surface area contributed by atoms with Gasteiger partial charge in [-0.3, -0.25) is 19.2 Å². The topological polar surface area (TPSA) is 132 Å². The minimum atomic E-state index is -5.20. The summed E-state index contributed by atoms with van der Waals surface area (Å²) in [4.78, 5) is 54.5. The van der Waals surface area contributed by atoms with E-state index in [0.29, 0.717) is 25.8 Å². The summed E-state index contributed by atoms with van der Waals surface area (Å²) in [6.45, 7) is 7.82. The van der Waals surface area contributed by atoms with E-state index in [4.69, 9.17) is 4.74 Å². The first-order valence-electron chi connectivity index (χ1n) is 14.0. The van der Waals surface area contributed by atoms with Gasteiger partial charge in [0.2, 0.25) is 17.7 Å². The number of hydrogen-bond acceptors (Lipinski definition) is 6. The van der Waals surface area contributed by atoms with Crippen molar-refractivity contribution < 1.29 is 37.1 Å². The summed E-state index contributed by atoms with van der Waals surface area (Å²) in [5.41, 5.74) is -1.90. The smallest absolute Gasteiger partial charge is 0.370 e. The molecule has 0 radical (unpaired) electrons. The summed E-state index contributed by atoms with van der Waals surface area (Å²) in [5.74, 6) is -4.30. The van der Waals surface area contributed by atoms with E-state index in [0.717, 1.165) is 12.8 Å². The molecular weight excluding hydrogens is 531 g/mol. The number of ether oxygens (including phenoxy) is 1. The van der Waals surface area contributed by atoms with Gasteiger partial charge in [-0.25, -0.2) is 0 Å². The molecule has 3 aliphatic heterocycles. The normalized spacial score (nSPS) is 33.7. The van der Waals surface area contributed by atoms with Gasteiger partial charge in [0.25, 0.3) is 0 Å². The number of nitrogens with one attached hydrogen (secondary N) is 2. The Morgan fingerprint density at radius 1 is 1.23 bits per heavy atom. The van der Waals surface area contributed by atoms with Crippen molar-refractivity contribution in [3.63, 3.8) is 0 Å². The maximum absolute atomic E-state index is 13.8. The van der Waals surface area contributed by atoms with Gasteiger partial charge in [-0.1, -0.05) is 13.8 Å². The second kappa shape index (κ2) is 9.33. The fourth-order valence-electron chi connectivity index (χ4n) is 7.78. The molecule has 0 aromatic rings. The highest BCUT2D eigenvalue weighted by Crippen LogP contribution is 2.76. The van der Waals surface area contributed by atoms with Crippen LogP contribution in [0.1, 0.15) is 66.2 Å². The maximum Gasteiger partial charge on any atom is 0.471 e. The van der Waals surface area contributed by atoms with Crippen LogP contribution in [0.25, 0.3) is 0 Å². The molecule has 220 valence electrons. The molecule has 2 aliphatic carbocycles.